The number of hydrogen-bond donors (Lipinski definition) is 1. The van der Waals surface area contributed by atoms with E-state index in [0.717, 1.165) is 5.56 Å². The van der Waals surface area contributed by atoms with Crippen LogP contribution in [0, 0.1) is 0 Å². The topological polar surface area (TPSA) is 37.3 Å². The van der Waals surface area contributed by atoms with E-state index in [4.69, 9.17) is 16.7 Å². The Bertz CT molecular complexity index is 293. The Balaban J connectivity index is 0.00000169. The molecule has 0 heterocycles. The summed E-state index contributed by atoms with van der Waals surface area (Å²) in [6.07, 6.45) is 0.154. The molecule has 1 rings (SSSR count). The van der Waals surface area contributed by atoms with Crippen LogP contribution in [0.2, 0.25) is 5.02 Å². The van der Waals surface area contributed by atoms with Gasteiger partial charge in [-0.2, -0.15) is 0 Å². The van der Waals surface area contributed by atoms with Gasteiger partial charge in [-0.3, -0.25) is 4.79 Å². The van der Waals surface area contributed by atoms with Crippen molar-refractivity contribution in [3.63, 3.8) is 0 Å². The van der Waals surface area contributed by atoms with Gasteiger partial charge in [0.1, 0.15) is 0 Å². The van der Waals surface area contributed by atoms with Crippen molar-refractivity contribution in [2.24, 2.45) is 0 Å². The third kappa shape index (κ3) is 3.79. The highest BCUT2D eigenvalue weighted by Gasteiger charge is 2.09. The van der Waals surface area contributed by atoms with Crippen LogP contribution < -0.4 is 0 Å². The molecule has 1 aromatic carbocycles. The van der Waals surface area contributed by atoms with Crippen LogP contribution in [0.25, 0.3) is 0 Å². The van der Waals surface area contributed by atoms with E-state index in [9.17, 15) is 4.79 Å². The number of benzene rings is 1. The predicted molar refractivity (Wildman–Crippen MR) is 58.9 cm³/mol. The number of hydrogen-bond acceptors (Lipinski definition) is 1. The molecule has 0 saturated heterocycles. The largest absolute Gasteiger partial charge is 0.481 e. The van der Waals surface area contributed by atoms with E-state index >= 15 is 0 Å². The van der Waals surface area contributed by atoms with E-state index in [0.29, 0.717) is 5.02 Å². The Kier molecular flexibility index (Phi) is 5.24. The van der Waals surface area contributed by atoms with Crippen LogP contribution in [0.3, 0.4) is 0 Å². The Morgan fingerprint density at radius 2 is 1.93 bits per heavy atom. The summed E-state index contributed by atoms with van der Waals surface area (Å²) >= 11 is 5.71. The molecule has 0 aliphatic carbocycles. The molecule has 0 amide bonds. The molecule has 0 aliphatic rings. The van der Waals surface area contributed by atoms with Crippen molar-refractivity contribution in [3.8, 4) is 0 Å². The van der Waals surface area contributed by atoms with Gasteiger partial charge in [0.25, 0.3) is 0 Å². The molecule has 1 unspecified atom stereocenters. The minimum atomic E-state index is -0.776. The third-order valence-corrected chi connectivity index (χ3v) is 2.17. The zero-order valence-electron chi connectivity index (χ0n) is 7.33. The molecule has 1 atom stereocenters. The summed E-state index contributed by atoms with van der Waals surface area (Å²) in [6.45, 7) is 1.89. The van der Waals surface area contributed by atoms with Gasteiger partial charge in [-0.05, 0) is 23.6 Å². The van der Waals surface area contributed by atoms with E-state index < -0.39 is 5.97 Å². The van der Waals surface area contributed by atoms with Gasteiger partial charge in [0.05, 0.1) is 6.42 Å². The Hall–Kier alpha value is -1.02. The smallest absolute Gasteiger partial charge is 0.303 e. The Labute approximate surface area is 89.5 Å². The number of carbonyl (C=O) groups is 1. The molecule has 0 aliphatic heterocycles. The number of aliphatic carboxylic acids is 1. The van der Waals surface area contributed by atoms with Crippen molar-refractivity contribution >= 4 is 17.6 Å². The molecule has 0 aromatic heterocycles. The highest BCUT2D eigenvalue weighted by atomic mass is 35.5. The Morgan fingerprint density at radius 1 is 1.43 bits per heavy atom. The van der Waals surface area contributed by atoms with E-state index in [1.165, 1.54) is 0 Å². The summed E-state index contributed by atoms with van der Waals surface area (Å²) < 4.78 is 0. The van der Waals surface area contributed by atoms with E-state index in [-0.39, 0.29) is 19.8 Å². The van der Waals surface area contributed by atoms with Gasteiger partial charge in [-0.25, -0.2) is 0 Å². The van der Waals surface area contributed by atoms with Crippen molar-refractivity contribution in [2.75, 3.05) is 0 Å². The first-order valence-corrected chi connectivity index (χ1v) is 4.44. The van der Waals surface area contributed by atoms with Crippen molar-refractivity contribution in [1.82, 2.24) is 0 Å². The fraction of sp³-hybridized carbons (Fsp3) is 0.364. The molecule has 78 valence electrons. The van der Waals surface area contributed by atoms with Gasteiger partial charge in [-0.1, -0.05) is 38.1 Å². The van der Waals surface area contributed by atoms with Crippen LogP contribution in [-0.2, 0) is 4.79 Å². The van der Waals surface area contributed by atoms with Gasteiger partial charge in [0.15, 0.2) is 0 Å². The van der Waals surface area contributed by atoms with E-state index in [1.807, 2.05) is 19.1 Å². The number of rotatable bonds is 3. The van der Waals surface area contributed by atoms with Crippen LogP contribution in [0.4, 0.5) is 0 Å². The first kappa shape index (κ1) is 13.0. The van der Waals surface area contributed by atoms with Crippen molar-refractivity contribution in [2.45, 2.75) is 26.7 Å². The maximum atomic E-state index is 10.4. The van der Waals surface area contributed by atoms with E-state index in [1.54, 1.807) is 12.1 Å². The fourth-order valence-corrected chi connectivity index (χ4v) is 1.30. The Morgan fingerprint density at radius 3 is 2.36 bits per heavy atom. The normalized spacial score (nSPS) is 11.6. The van der Waals surface area contributed by atoms with Crippen LogP contribution in [0.15, 0.2) is 24.3 Å². The predicted octanol–water partition coefficient (Wildman–Crippen LogP) is 3.55. The van der Waals surface area contributed by atoms with E-state index in [2.05, 4.69) is 0 Å². The van der Waals surface area contributed by atoms with Crippen LogP contribution in [0.1, 0.15) is 32.3 Å². The first-order valence-electron chi connectivity index (χ1n) is 4.07. The molecule has 0 saturated carbocycles. The van der Waals surface area contributed by atoms with Gasteiger partial charge < -0.3 is 5.11 Å². The SMILES string of the molecule is C.CC(CC(=O)O)c1ccc(Cl)cc1. The van der Waals surface area contributed by atoms with Gasteiger partial charge >= 0.3 is 5.97 Å². The zero-order valence-corrected chi connectivity index (χ0v) is 8.08. The molecule has 0 spiro atoms. The average molecular weight is 215 g/mol. The quantitative estimate of drug-likeness (QED) is 0.836. The maximum Gasteiger partial charge on any atom is 0.303 e. The van der Waals surface area contributed by atoms with Crippen molar-refractivity contribution in [1.29, 1.82) is 0 Å². The van der Waals surface area contributed by atoms with Gasteiger partial charge in [0, 0.05) is 5.02 Å². The standard InChI is InChI=1S/C10H11ClO2.CH4/c1-7(6-10(12)13)8-2-4-9(11)5-3-8;/h2-5,7H,6H2,1H3,(H,12,13);1H4. The molecule has 0 radical (unpaired) electrons. The number of halogens is 1. The zero-order chi connectivity index (χ0) is 9.84. The second-order valence-corrected chi connectivity index (χ2v) is 3.49. The summed E-state index contributed by atoms with van der Waals surface area (Å²) in [5, 5.41) is 9.25. The molecular weight excluding hydrogens is 200 g/mol. The number of carboxylic acids is 1. The van der Waals surface area contributed by atoms with Crippen LogP contribution >= 0.6 is 11.6 Å². The molecule has 14 heavy (non-hydrogen) atoms. The summed E-state index contributed by atoms with van der Waals surface area (Å²) in [5.41, 5.74) is 1.01. The lowest BCUT2D eigenvalue weighted by Crippen LogP contribution is -2.02. The lowest BCUT2D eigenvalue weighted by molar-refractivity contribution is -0.137. The molecule has 0 fully saturated rings. The second kappa shape index (κ2) is 5.66. The molecule has 3 heteroatoms. The first-order chi connectivity index (χ1) is 6.09. The lowest BCUT2D eigenvalue weighted by atomic mass is 9.98. The molecule has 1 N–H and O–H groups in total. The summed E-state index contributed by atoms with van der Waals surface area (Å²) in [7, 11) is 0. The van der Waals surface area contributed by atoms with Crippen molar-refractivity contribution < 1.29 is 9.90 Å². The van der Waals surface area contributed by atoms with Crippen molar-refractivity contribution in [3.05, 3.63) is 34.9 Å². The summed E-state index contributed by atoms with van der Waals surface area (Å²) in [5.74, 6) is -0.739. The maximum absolute atomic E-state index is 10.4. The fourth-order valence-electron chi connectivity index (χ4n) is 1.17. The van der Waals surface area contributed by atoms with Crippen LogP contribution in [0.5, 0.6) is 0 Å². The highest BCUT2D eigenvalue weighted by Crippen LogP contribution is 2.20. The third-order valence-electron chi connectivity index (χ3n) is 1.92. The minimum Gasteiger partial charge on any atom is -0.481 e. The number of carboxylic acid groups (broad SMARTS) is 1. The molecular formula is C11H15ClO2. The summed E-state index contributed by atoms with van der Waals surface area (Å²) in [4.78, 5) is 10.4. The summed E-state index contributed by atoms with van der Waals surface area (Å²) in [6, 6.07) is 7.26. The molecule has 0 bridgehead atoms. The van der Waals surface area contributed by atoms with Gasteiger partial charge in [-0.15, -0.1) is 0 Å². The van der Waals surface area contributed by atoms with Crippen LogP contribution in [-0.4, -0.2) is 11.1 Å². The second-order valence-electron chi connectivity index (χ2n) is 3.05. The van der Waals surface area contributed by atoms with Gasteiger partial charge in [0.2, 0.25) is 0 Å². The average Bonchev–Trinajstić information content (AvgIpc) is 2.04. The molecule has 1 aromatic rings. The molecule has 2 nitrogen and oxygen atoms in total. The lowest BCUT2D eigenvalue weighted by Gasteiger charge is -2.08. The monoisotopic (exact) mass is 214 g/mol. The minimum absolute atomic E-state index is 0. The highest BCUT2D eigenvalue weighted by molar-refractivity contribution is 6.30.